The van der Waals surface area contributed by atoms with Crippen LogP contribution in [0.5, 0.6) is 0 Å². The third kappa shape index (κ3) is 3.08. The molecule has 0 radical (unpaired) electrons. The molecule has 1 saturated heterocycles. The summed E-state index contributed by atoms with van der Waals surface area (Å²) in [6.07, 6.45) is 0. The Bertz CT molecular complexity index is 1360. The summed E-state index contributed by atoms with van der Waals surface area (Å²) in [5.74, 6) is -4.82. The fourth-order valence-electron chi connectivity index (χ4n) is 4.15. The number of nitrogens with two attached hydrogens (primary N) is 1. The second-order valence-electron chi connectivity index (χ2n) is 7.75. The third-order valence-corrected chi connectivity index (χ3v) is 6.15. The summed E-state index contributed by atoms with van der Waals surface area (Å²) in [6, 6.07) is 6.37. The van der Waals surface area contributed by atoms with Gasteiger partial charge in [-0.25, -0.2) is 4.98 Å². The molecule has 1 aromatic carbocycles. The summed E-state index contributed by atoms with van der Waals surface area (Å²) in [5.41, 5.74) is 7.40. The van der Waals surface area contributed by atoms with Gasteiger partial charge in [-0.15, -0.1) is 11.3 Å². The van der Waals surface area contributed by atoms with Crippen LogP contribution in [-0.4, -0.2) is 72.2 Å². The molecule has 0 bridgehead atoms. The first-order valence-corrected chi connectivity index (χ1v) is 10.2. The van der Waals surface area contributed by atoms with Crippen molar-refractivity contribution in [1.82, 2.24) is 19.9 Å². The molecule has 8 N–H and O–H groups in total. The van der Waals surface area contributed by atoms with Crippen molar-refractivity contribution in [2.24, 2.45) is 0 Å². The molecule has 1 aliphatic heterocycles. The second kappa shape index (κ2) is 6.50. The van der Waals surface area contributed by atoms with E-state index in [1.807, 2.05) is 11.4 Å². The third-order valence-electron chi connectivity index (χ3n) is 5.32. The van der Waals surface area contributed by atoms with Gasteiger partial charge in [0.1, 0.15) is 16.2 Å². The molecule has 31 heavy (non-hydrogen) atoms. The van der Waals surface area contributed by atoms with E-state index in [4.69, 9.17) is 5.73 Å². The number of rotatable bonds is 2. The molecule has 5 rings (SSSR count). The Hall–Kier alpha value is -3.00. The van der Waals surface area contributed by atoms with Gasteiger partial charge in [0.25, 0.3) is 17.4 Å². The number of piperazine rings is 1. The molecule has 1 aliphatic rings. The van der Waals surface area contributed by atoms with Crippen LogP contribution in [0.3, 0.4) is 0 Å². The van der Waals surface area contributed by atoms with E-state index in [2.05, 4.69) is 15.0 Å². The lowest BCUT2D eigenvalue weighted by atomic mass is 10.1. The highest BCUT2D eigenvalue weighted by Crippen LogP contribution is 2.35. The predicted octanol–water partition coefficient (Wildman–Crippen LogP) is -0.256. The molecule has 12 heteroatoms. The number of fused-ring (bicyclic) bond motifs is 2. The fourth-order valence-corrected chi connectivity index (χ4v) is 4.95. The number of aliphatic hydroxyl groups is 4. The van der Waals surface area contributed by atoms with Gasteiger partial charge in [0.05, 0.1) is 29.8 Å². The van der Waals surface area contributed by atoms with Gasteiger partial charge < -0.3 is 36.1 Å². The summed E-state index contributed by atoms with van der Waals surface area (Å²) < 4.78 is 0. The number of thiophene rings is 1. The van der Waals surface area contributed by atoms with E-state index in [0.29, 0.717) is 31.8 Å². The van der Waals surface area contributed by atoms with Gasteiger partial charge in [0.15, 0.2) is 0 Å². The molecular weight excluding hydrogens is 424 g/mol. The highest BCUT2D eigenvalue weighted by Gasteiger charge is 2.51. The number of hydrogen-bond acceptors (Lipinski definition) is 10. The predicted molar refractivity (Wildman–Crippen MR) is 116 cm³/mol. The maximum Gasteiger partial charge on any atom is 0.264 e. The summed E-state index contributed by atoms with van der Waals surface area (Å²) in [5, 5.41) is 44.3. The number of pyridine rings is 1. The minimum absolute atomic E-state index is 0.129. The number of aromatic nitrogens is 3. The summed E-state index contributed by atoms with van der Waals surface area (Å²) in [7, 11) is 1.54. The van der Waals surface area contributed by atoms with Crippen LogP contribution in [0.25, 0.3) is 32.6 Å². The topological polar surface area (TPSA) is 175 Å². The summed E-state index contributed by atoms with van der Waals surface area (Å²) >= 11 is 1.37. The van der Waals surface area contributed by atoms with Gasteiger partial charge in [-0.05, 0) is 36.7 Å². The normalized spacial score (nSPS) is 18.8. The molecule has 0 atom stereocenters. The Labute approximate surface area is 178 Å². The van der Waals surface area contributed by atoms with Crippen LogP contribution in [0.1, 0.15) is 0 Å². The molecule has 1 fully saturated rings. The quantitative estimate of drug-likeness (QED) is 0.205. The van der Waals surface area contributed by atoms with Crippen molar-refractivity contribution in [2.45, 2.75) is 11.8 Å². The maximum absolute atomic E-state index is 12.6. The van der Waals surface area contributed by atoms with Crippen LogP contribution in [0, 0.1) is 0 Å². The average Bonchev–Trinajstić information content (AvgIpc) is 3.25. The van der Waals surface area contributed by atoms with Gasteiger partial charge in [-0.3, -0.25) is 14.6 Å². The van der Waals surface area contributed by atoms with Crippen LogP contribution in [-0.2, 0) is 0 Å². The van der Waals surface area contributed by atoms with Gasteiger partial charge in [0.2, 0.25) is 0 Å². The van der Waals surface area contributed by atoms with Crippen molar-refractivity contribution in [3.05, 3.63) is 40.0 Å². The molecule has 0 spiro atoms. The smallest absolute Gasteiger partial charge is 0.264 e. The van der Waals surface area contributed by atoms with Crippen LogP contribution in [0.2, 0.25) is 0 Å². The van der Waals surface area contributed by atoms with Crippen molar-refractivity contribution in [1.29, 1.82) is 0 Å². The van der Waals surface area contributed by atoms with E-state index < -0.39 is 11.8 Å². The van der Waals surface area contributed by atoms with Crippen LogP contribution in [0.4, 0.5) is 11.4 Å². The number of nitrogens with one attached hydrogen (secondary N) is 2. The first kappa shape index (κ1) is 19.9. The highest BCUT2D eigenvalue weighted by atomic mass is 32.1. The molecule has 11 nitrogen and oxygen atoms in total. The van der Waals surface area contributed by atoms with Crippen molar-refractivity contribution in [3.8, 4) is 11.4 Å². The van der Waals surface area contributed by atoms with Crippen molar-refractivity contribution in [3.63, 3.8) is 0 Å². The minimum atomic E-state index is -2.53. The maximum atomic E-state index is 12.6. The van der Waals surface area contributed by atoms with Crippen molar-refractivity contribution in [2.75, 3.05) is 30.8 Å². The number of β-amino-alcohol motifs (C(OH)–C–C–N with tert-alkyl or cyclic N) is 4. The van der Waals surface area contributed by atoms with E-state index in [-0.39, 0.29) is 35.7 Å². The number of anilines is 2. The van der Waals surface area contributed by atoms with Crippen LogP contribution in [0.15, 0.2) is 34.4 Å². The molecule has 0 aliphatic carbocycles. The second-order valence-corrected chi connectivity index (χ2v) is 8.67. The standard InChI is InChI=1S/C19H20N6O5S/c1-24-7-18(27,28)25(19(29,30)8-24)9-2-3-11-12(6-9)22-15(21-11)13-14(20)10-4-5-31-17(10)23-16(13)26/h2-6,27-30H,7-8H2,1H3,(H,21,22)(H3,20,23,26). The summed E-state index contributed by atoms with van der Waals surface area (Å²) in [6.45, 7) is -0.460. The molecule has 4 aromatic rings. The number of benzene rings is 1. The largest absolute Gasteiger partial charge is 0.397 e. The zero-order valence-electron chi connectivity index (χ0n) is 16.3. The molecule has 0 saturated carbocycles. The fraction of sp³-hybridized carbons (Fsp3) is 0.263. The van der Waals surface area contributed by atoms with Crippen molar-refractivity contribution < 1.29 is 20.4 Å². The Morgan fingerprint density at radius 1 is 1.13 bits per heavy atom. The monoisotopic (exact) mass is 444 g/mol. The van der Waals surface area contributed by atoms with E-state index in [9.17, 15) is 25.2 Å². The van der Waals surface area contributed by atoms with Crippen molar-refractivity contribution >= 4 is 44.0 Å². The lowest BCUT2D eigenvalue weighted by molar-refractivity contribution is -0.285. The molecule has 0 unspecified atom stereocenters. The van der Waals surface area contributed by atoms with Gasteiger partial charge in [0, 0.05) is 11.1 Å². The molecule has 3 aromatic heterocycles. The number of imidazole rings is 1. The first-order valence-electron chi connectivity index (χ1n) is 9.34. The van der Waals surface area contributed by atoms with Gasteiger partial charge in [-0.2, -0.15) is 0 Å². The number of nitrogens with zero attached hydrogens (tertiary/aromatic N) is 3. The van der Waals surface area contributed by atoms with Crippen LogP contribution >= 0.6 is 11.3 Å². The Kier molecular flexibility index (Phi) is 4.18. The number of hydrogen-bond donors (Lipinski definition) is 7. The molecule has 4 heterocycles. The number of H-pyrrole nitrogens is 2. The molecule has 162 valence electrons. The Morgan fingerprint density at radius 3 is 2.55 bits per heavy atom. The number of likely N-dealkylation sites (N-methyl/N-ethyl adjacent to an activating group) is 1. The average molecular weight is 444 g/mol. The SMILES string of the molecule is CN1CC(O)(O)N(c2ccc3[nH]c(-c4c(N)c5ccsc5[nH]c4=O)nc3c2)C(O)(O)C1. The summed E-state index contributed by atoms with van der Waals surface area (Å²) in [4.78, 5) is 25.7. The van der Waals surface area contributed by atoms with Crippen LogP contribution < -0.4 is 16.2 Å². The van der Waals surface area contributed by atoms with Gasteiger partial charge in [-0.1, -0.05) is 0 Å². The first-order chi connectivity index (χ1) is 14.6. The van der Waals surface area contributed by atoms with E-state index in [1.54, 1.807) is 6.07 Å². The minimum Gasteiger partial charge on any atom is -0.397 e. The zero-order valence-corrected chi connectivity index (χ0v) is 17.1. The van der Waals surface area contributed by atoms with E-state index in [1.165, 1.54) is 35.4 Å². The Balaban J connectivity index is 1.63. The van der Waals surface area contributed by atoms with Gasteiger partial charge >= 0.3 is 0 Å². The molecule has 0 amide bonds. The van der Waals surface area contributed by atoms with E-state index in [0.717, 1.165) is 0 Å². The lowest BCUT2D eigenvalue weighted by Gasteiger charge is -2.50. The molecular formula is C19H20N6O5S. The lowest BCUT2D eigenvalue weighted by Crippen LogP contribution is -2.73. The number of aromatic amines is 2. The number of nitrogen functional groups attached to an aromatic ring is 1. The zero-order chi connectivity index (χ0) is 22.1. The van der Waals surface area contributed by atoms with E-state index >= 15 is 0 Å². The highest BCUT2D eigenvalue weighted by molar-refractivity contribution is 7.16. The Morgan fingerprint density at radius 2 is 1.84 bits per heavy atom.